The van der Waals surface area contributed by atoms with Crippen molar-refractivity contribution in [1.82, 2.24) is 5.43 Å². The van der Waals surface area contributed by atoms with Gasteiger partial charge in [-0.25, -0.2) is 0 Å². The number of nitrogens with one attached hydrogen (secondary N) is 2. The molecule has 0 aromatic heterocycles. The minimum Gasteiger partial charge on any atom is -0.331 e. The minimum atomic E-state index is 0.482. The first kappa shape index (κ1) is 18.1. The Bertz CT molecular complexity index is 564. The van der Waals surface area contributed by atoms with Crippen molar-refractivity contribution in [2.45, 2.75) is 40.5 Å². The molecule has 0 amide bonds. The molecule has 22 heavy (non-hydrogen) atoms. The Balaban J connectivity index is 2.33. The highest BCUT2D eigenvalue weighted by atomic mass is 32.1. The minimum absolute atomic E-state index is 0.482. The molecule has 0 spiro atoms. The zero-order valence-corrected chi connectivity index (χ0v) is 14.6. The fourth-order valence-corrected chi connectivity index (χ4v) is 1.90. The molecule has 1 aromatic rings. The quantitative estimate of drug-likeness (QED) is 0.337. The molecule has 0 radical (unpaired) electrons. The van der Waals surface area contributed by atoms with Gasteiger partial charge in [-0.1, -0.05) is 34.9 Å². The van der Waals surface area contributed by atoms with Crippen LogP contribution in [-0.2, 0) is 0 Å². The van der Waals surface area contributed by atoms with Crippen LogP contribution in [0.4, 0.5) is 5.69 Å². The first-order valence-electron chi connectivity index (χ1n) is 7.43. The van der Waals surface area contributed by atoms with Gasteiger partial charge in [0.15, 0.2) is 5.11 Å². The number of hydrogen-bond acceptors (Lipinski definition) is 2. The highest BCUT2D eigenvalue weighted by Crippen LogP contribution is 2.08. The van der Waals surface area contributed by atoms with Crippen LogP contribution < -0.4 is 10.7 Å². The van der Waals surface area contributed by atoms with E-state index in [1.807, 2.05) is 30.3 Å². The van der Waals surface area contributed by atoms with E-state index in [0.29, 0.717) is 5.11 Å². The van der Waals surface area contributed by atoms with Crippen LogP contribution in [0.5, 0.6) is 0 Å². The van der Waals surface area contributed by atoms with Gasteiger partial charge in [0, 0.05) is 11.9 Å². The zero-order chi connectivity index (χ0) is 16.4. The predicted molar refractivity (Wildman–Crippen MR) is 101 cm³/mol. The molecule has 0 heterocycles. The summed E-state index contributed by atoms with van der Waals surface area (Å²) in [5.41, 5.74) is 7.63. The van der Waals surface area contributed by atoms with Crippen molar-refractivity contribution in [2.75, 3.05) is 5.32 Å². The molecular weight excluding hydrogens is 290 g/mol. The van der Waals surface area contributed by atoms with Gasteiger partial charge in [-0.3, -0.25) is 5.43 Å². The van der Waals surface area contributed by atoms with E-state index < -0.39 is 0 Å². The molecule has 0 atom stereocenters. The van der Waals surface area contributed by atoms with Gasteiger partial charge < -0.3 is 5.32 Å². The second-order valence-corrected chi connectivity index (χ2v) is 5.95. The molecule has 0 fully saturated rings. The number of benzene rings is 1. The lowest BCUT2D eigenvalue weighted by molar-refractivity contribution is 0.968. The van der Waals surface area contributed by atoms with E-state index in [0.717, 1.165) is 18.5 Å². The van der Waals surface area contributed by atoms with Gasteiger partial charge in [0.2, 0.25) is 0 Å². The van der Waals surface area contributed by atoms with Crippen LogP contribution in [-0.4, -0.2) is 11.3 Å². The number of rotatable bonds is 6. The van der Waals surface area contributed by atoms with Crippen molar-refractivity contribution in [2.24, 2.45) is 5.10 Å². The molecular formula is C18H25N3S. The number of allylic oxidation sites excluding steroid dienone is 4. The van der Waals surface area contributed by atoms with Crippen LogP contribution in [0, 0.1) is 6.92 Å². The largest absolute Gasteiger partial charge is 0.331 e. The molecule has 0 unspecified atom stereocenters. The maximum Gasteiger partial charge on any atom is 0.191 e. The third-order valence-corrected chi connectivity index (χ3v) is 3.19. The summed E-state index contributed by atoms with van der Waals surface area (Å²) >= 11 is 5.18. The highest BCUT2D eigenvalue weighted by Gasteiger charge is 1.94. The number of anilines is 1. The first-order valence-corrected chi connectivity index (χ1v) is 7.84. The maximum absolute atomic E-state index is 5.18. The monoisotopic (exact) mass is 315 g/mol. The Morgan fingerprint density at radius 2 is 1.86 bits per heavy atom. The molecule has 3 nitrogen and oxygen atoms in total. The van der Waals surface area contributed by atoms with Gasteiger partial charge in [-0.2, -0.15) is 5.10 Å². The number of nitrogens with zero attached hydrogens (tertiary/aromatic N) is 1. The SMILES string of the molecule is CC(C)=CCC/C(C)=C/C=N\NC(=S)Nc1ccc(C)cc1. The predicted octanol–water partition coefficient (Wildman–Crippen LogP) is 4.96. The molecule has 0 aliphatic rings. The summed E-state index contributed by atoms with van der Waals surface area (Å²) in [7, 11) is 0. The Labute approximate surface area is 139 Å². The summed E-state index contributed by atoms with van der Waals surface area (Å²) in [6, 6.07) is 8.04. The lowest BCUT2D eigenvalue weighted by atomic mass is 10.1. The smallest absolute Gasteiger partial charge is 0.191 e. The van der Waals surface area contributed by atoms with Crippen molar-refractivity contribution >= 4 is 29.2 Å². The molecule has 1 rings (SSSR count). The van der Waals surface area contributed by atoms with Gasteiger partial charge >= 0.3 is 0 Å². The fourth-order valence-electron chi connectivity index (χ4n) is 1.73. The van der Waals surface area contributed by atoms with E-state index in [4.69, 9.17) is 12.2 Å². The average Bonchev–Trinajstić information content (AvgIpc) is 2.46. The molecule has 0 bridgehead atoms. The number of aryl methyl sites for hydroxylation is 1. The van der Waals surface area contributed by atoms with E-state index in [1.165, 1.54) is 16.7 Å². The topological polar surface area (TPSA) is 36.4 Å². The summed E-state index contributed by atoms with van der Waals surface area (Å²) in [6.45, 7) is 8.39. The second kappa shape index (κ2) is 9.90. The van der Waals surface area contributed by atoms with E-state index in [-0.39, 0.29) is 0 Å². The molecule has 2 N–H and O–H groups in total. The zero-order valence-electron chi connectivity index (χ0n) is 13.8. The van der Waals surface area contributed by atoms with Crippen molar-refractivity contribution < 1.29 is 0 Å². The molecule has 0 saturated carbocycles. The lowest BCUT2D eigenvalue weighted by Crippen LogP contribution is -2.23. The summed E-state index contributed by atoms with van der Waals surface area (Å²) in [4.78, 5) is 0. The average molecular weight is 315 g/mol. The van der Waals surface area contributed by atoms with Gasteiger partial charge in [-0.15, -0.1) is 0 Å². The fraction of sp³-hybridized carbons (Fsp3) is 0.333. The lowest BCUT2D eigenvalue weighted by Gasteiger charge is -2.06. The molecule has 0 saturated heterocycles. The Hall–Kier alpha value is -1.94. The van der Waals surface area contributed by atoms with E-state index in [1.54, 1.807) is 6.21 Å². The van der Waals surface area contributed by atoms with Gasteiger partial charge in [0.1, 0.15) is 0 Å². The first-order chi connectivity index (χ1) is 10.5. The summed E-state index contributed by atoms with van der Waals surface area (Å²) in [5.74, 6) is 0. The Kier molecular flexibility index (Phi) is 8.15. The van der Waals surface area contributed by atoms with Gasteiger partial charge in [0.05, 0.1) is 0 Å². The van der Waals surface area contributed by atoms with E-state index in [2.05, 4.69) is 49.6 Å². The van der Waals surface area contributed by atoms with Crippen LogP contribution in [0.3, 0.4) is 0 Å². The summed E-state index contributed by atoms with van der Waals surface area (Å²) in [5, 5.41) is 7.66. The number of hydrazone groups is 1. The van der Waals surface area contributed by atoms with Crippen molar-refractivity contribution in [3.63, 3.8) is 0 Å². The third-order valence-electron chi connectivity index (χ3n) is 3.00. The second-order valence-electron chi connectivity index (χ2n) is 5.54. The van der Waals surface area contributed by atoms with Crippen LogP contribution in [0.15, 0.2) is 52.7 Å². The van der Waals surface area contributed by atoms with Gasteiger partial charge in [-0.05, 0) is 71.0 Å². The molecule has 1 aromatic carbocycles. The van der Waals surface area contributed by atoms with Crippen LogP contribution in [0.25, 0.3) is 0 Å². The number of hydrogen-bond donors (Lipinski definition) is 2. The molecule has 0 aliphatic heterocycles. The third kappa shape index (κ3) is 8.37. The normalized spacial score (nSPS) is 11.4. The highest BCUT2D eigenvalue weighted by molar-refractivity contribution is 7.80. The Morgan fingerprint density at radius 3 is 2.50 bits per heavy atom. The summed E-state index contributed by atoms with van der Waals surface area (Å²) in [6.07, 6.45) is 8.09. The van der Waals surface area contributed by atoms with E-state index in [9.17, 15) is 0 Å². The molecule has 118 valence electrons. The van der Waals surface area contributed by atoms with Crippen LogP contribution >= 0.6 is 12.2 Å². The van der Waals surface area contributed by atoms with Crippen LogP contribution in [0.2, 0.25) is 0 Å². The maximum atomic E-state index is 5.18. The van der Waals surface area contributed by atoms with Crippen molar-refractivity contribution in [3.8, 4) is 0 Å². The summed E-state index contributed by atoms with van der Waals surface area (Å²) < 4.78 is 0. The van der Waals surface area contributed by atoms with Crippen LogP contribution in [0.1, 0.15) is 39.2 Å². The van der Waals surface area contributed by atoms with E-state index >= 15 is 0 Å². The standard InChI is InChI=1S/C18H25N3S/c1-14(2)6-5-7-15(3)12-13-19-21-18(22)20-17-10-8-16(4)9-11-17/h6,8-13H,5,7H2,1-4H3,(H2,20,21,22)/b15-12+,19-13-. The Morgan fingerprint density at radius 1 is 1.18 bits per heavy atom. The molecule has 4 heteroatoms. The van der Waals surface area contributed by atoms with Crippen molar-refractivity contribution in [1.29, 1.82) is 0 Å². The molecule has 0 aliphatic carbocycles. The van der Waals surface area contributed by atoms with Gasteiger partial charge in [0.25, 0.3) is 0 Å². The number of thiocarbonyl (C=S) groups is 1. The van der Waals surface area contributed by atoms with Crippen molar-refractivity contribution in [3.05, 3.63) is 53.1 Å².